The van der Waals surface area contributed by atoms with E-state index in [2.05, 4.69) is 21.0 Å². The van der Waals surface area contributed by atoms with Crippen molar-refractivity contribution >= 4 is 38.7 Å². The first kappa shape index (κ1) is 15.5. The molecule has 1 aromatic carbocycles. The average Bonchev–Trinajstić information content (AvgIpc) is 2.65. The van der Waals surface area contributed by atoms with Gasteiger partial charge in [-0.1, -0.05) is 15.9 Å². The summed E-state index contributed by atoms with van der Waals surface area (Å²) in [6, 6.07) is 5.30. The molecule has 0 aliphatic carbocycles. The molecule has 0 atom stereocenters. The van der Waals surface area contributed by atoms with Crippen LogP contribution in [-0.2, 0) is 16.1 Å². The summed E-state index contributed by atoms with van der Waals surface area (Å²) in [6.07, 6.45) is 0. The highest BCUT2D eigenvalue weighted by molar-refractivity contribution is 9.10. The van der Waals surface area contributed by atoms with Crippen LogP contribution in [0.1, 0.15) is 31.3 Å². The van der Waals surface area contributed by atoms with Gasteiger partial charge in [0, 0.05) is 9.86 Å². The number of halogens is 1. The number of ether oxygens (including phenoxy) is 1. The van der Waals surface area contributed by atoms with Crippen LogP contribution in [0.3, 0.4) is 0 Å². The van der Waals surface area contributed by atoms with Crippen molar-refractivity contribution < 1.29 is 14.3 Å². The zero-order chi connectivity index (χ0) is 15.8. The van der Waals surface area contributed by atoms with Crippen molar-refractivity contribution in [3.05, 3.63) is 28.4 Å². The van der Waals surface area contributed by atoms with Gasteiger partial charge in [-0.05, 0) is 39.0 Å². The van der Waals surface area contributed by atoms with E-state index < -0.39 is 17.5 Å². The molecule has 2 aromatic rings. The molecule has 0 spiro atoms. The van der Waals surface area contributed by atoms with E-state index in [1.807, 2.05) is 0 Å². The number of nitrogens with two attached hydrogens (primary N) is 1. The fourth-order valence-corrected chi connectivity index (χ4v) is 2.29. The second-order valence-electron chi connectivity index (χ2n) is 5.62. The molecule has 0 radical (unpaired) electrons. The van der Waals surface area contributed by atoms with Crippen LogP contribution < -0.4 is 5.73 Å². The third kappa shape index (κ3) is 3.60. The van der Waals surface area contributed by atoms with Crippen LogP contribution in [0.4, 0.5) is 0 Å². The van der Waals surface area contributed by atoms with Crippen LogP contribution >= 0.6 is 15.9 Å². The number of hydrogen-bond acceptors (Lipinski definition) is 4. The largest absolute Gasteiger partial charge is 0.459 e. The third-order valence-corrected chi connectivity index (χ3v) is 3.14. The quantitative estimate of drug-likeness (QED) is 0.857. The van der Waals surface area contributed by atoms with Crippen LogP contribution in [0.2, 0.25) is 0 Å². The Morgan fingerprint density at radius 2 is 2.05 bits per heavy atom. The summed E-state index contributed by atoms with van der Waals surface area (Å²) in [5, 5.41) is 4.73. The van der Waals surface area contributed by atoms with Gasteiger partial charge >= 0.3 is 5.97 Å². The van der Waals surface area contributed by atoms with Gasteiger partial charge in [-0.25, -0.2) is 0 Å². The number of fused-ring (bicyclic) bond motifs is 1. The Kier molecular flexibility index (Phi) is 4.04. The van der Waals surface area contributed by atoms with Crippen molar-refractivity contribution in [2.75, 3.05) is 0 Å². The average molecular weight is 354 g/mol. The van der Waals surface area contributed by atoms with Crippen LogP contribution in [0, 0.1) is 0 Å². The maximum atomic E-state index is 11.9. The number of esters is 1. The van der Waals surface area contributed by atoms with Gasteiger partial charge < -0.3 is 10.5 Å². The first-order valence-electron chi connectivity index (χ1n) is 6.35. The van der Waals surface area contributed by atoms with Gasteiger partial charge in [0.15, 0.2) is 5.69 Å². The number of benzene rings is 1. The fraction of sp³-hybridized carbons (Fsp3) is 0.357. The molecule has 0 saturated heterocycles. The van der Waals surface area contributed by atoms with Crippen LogP contribution in [0.5, 0.6) is 0 Å². The van der Waals surface area contributed by atoms with E-state index in [4.69, 9.17) is 10.5 Å². The van der Waals surface area contributed by atoms with E-state index in [0.29, 0.717) is 10.9 Å². The highest BCUT2D eigenvalue weighted by Gasteiger charge is 2.20. The van der Waals surface area contributed by atoms with Crippen molar-refractivity contribution in [1.29, 1.82) is 0 Å². The zero-order valence-corrected chi connectivity index (χ0v) is 13.6. The molecule has 7 heteroatoms. The van der Waals surface area contributed by atoms with Crippen molar-refractivity contribution in [2.45, 2.75) is 32.9 Å². The molecule has 6 nitrogen and oxygen atoms in total. The topological polar surface area (TPSA) is 87.2 Å². The minimum absolute atomic E-state index is 0.0858. The van der Waals surface area contributed by atoms with Crippen molar-refractivity contribution in [3.63, 3.8) is 0 Å². The lowest BCUT2D eigenvalue weighted by Crippen LogP contribution is -2.27. The Balaban J connectivity index is 2.42. The van der Waals surface area contributed by atoms with Gasteiger partial charge in [0.25, 0.3) is 5.91 Å². The number of carbonyl (C=O) groups excluding carboxylic acids is 2. The van der Waals surface area contributed by atoms with Gasteiger partial charge in [0.2, 0.25) is 0 Å². The monoisotopic (exact) mass is 353 g/mol. The van der Waals surface area contributed by atoms with E-state index in [-0.39, 0.29) is 12.2 Å². The molecule has 0 unspecified atom stereocenters. The highest BCUT2D eigenvalue weighted by Crippen LogP contribution is 2.23. The summed E-state index contributed by atoms with van der Waals surface area (Å²) in [7, 11) is 0. The Morgan fingerprint density at radius 1 is 1.38 bits per heavy atom. The number of rotatable bonds is 3. The van der Waals surface area contributed by atoms with Crippen molar-refractivity contribution in [2.24, 2.45) is 5.73 Å². The molecule has 1 heterocycles. The second kappa shape index (κ2) is 5.48. The Morgan fingerprint density at radius 3 is 2.62 bits per heavy atom. The lowest BCUT2D eigenvalue weighted by Gasteiger charge is -2.19. The van der Waals surface area contributed by atoms with E-state index in [9.17, 15) is 9.59 Å². The number of nitrogens with zero attached hydrogens (tertiary/aromatic N) is 2. The Hall–Kier alpha value is -1.89. The van der Waals surface area contributed by atoms with E-state index in [1.165, 1.54) is 4.68 Å². The molecule has 0 aliphatic heterocycles. The summed E-state index contributed by atoms with van der Waals surface area (Å²) in [5.41, 5.74) is 5.53. The summed E-state index contributed by atoms with van der Waals surface area (Å²) >= 11 is 3.35. The predicted octanol–water partition coefficient (Wildman–Crippen LogP) is 2.24. The van der Waals surface area contributed by atoms with Crippen LogP contribution in [0.15, 0.2) is 22.7 Å². The summed E-state index contributed by atoms with van der Waals surface area (Å²) in [5.74, 6) is -1.06. The summed E-state index contributed by atoms with van der Waals surface area (Å²) in [6.45, 7) is 5.28. The zero-order valence-electron chi connectivity index (χ0n) is 12.0. The molecule has 21 heavy (non-hydrogen) atoms. The van der Waals surface area contributed by atoms with Crippen molar-refractivity contribution in [3.8, 4) is 0 Å². The highest BCUT2D eigenvalue weighted by atomic mass is 79.9. The van der Waals surface area contributed by atoms with E-state index in [1.54, 1.807) is 39.0 Å². The first-order chi connectivity index (χ1) is 9.67. The molecule has 1 amide bonds. The van der Waals surface area contributed by atoms with Gasteiger partial charge in [-0.2, -0.15) is 5.10 Å². The summed E-state index contributed by atoms with van der Waals surface area (Å²) in [4.78, 5) is 23.4. The van der Waals surface area contributed by atoms with Crippen molar-refractivity contribution in [1.82, 2.24) is 9.78 Å². The maximum absolute atomic E-state index is 11.9. The van der Waals surface area contributed by atoms with E-state index >= 15 is 0 Å². The van der Waals surface area contributed by atoms with Gasteiger partial charge in [0.1, 0.15) is 12.1 Å². The molecule has 2 rings (SSSR count). The Bertz CT molecular complexity index is 716. The smallest absolute Gasteiger partial charge is 0.328 e. The maximum Gasteiger partial charge on any atom is 0.328 e. The minimum atomic E-state index is -0.634. The lowest BCUT2D eigenvalue weighted by molar-refractivity contribution is -0.155. The SMILES string of the molecule is CC(C)(C)OC(=O)Cn1nc(C(N)=O)c2ccc(Br)cc21. The molecule has 0 fully saturated rings. The minimum Gasteiger partial charge on any atom is -0.459 e. The number of amides is 1. The Labute approximate surface area is 130 Å². The fourth-order valence-electron chi connectivity index (χ4n) is 1.95. The molecular formula is C14H16BrN3O3. The number of primary amides is 1. The second-order valence-corrected chi connectivity index (χ2v) is 6.53. The van der Waals surface area contributed by atoms with Gasteiger partial charge in [-0.15, -0.1) is 0 Å². The molecule has 0 bridgehead atoms. The number of carbonyl (C=O) groups is 2. The molecule has 0 saturated carbocycles. The summed E-state index contributed by atoms with van der Waals surface area (Å²) < 4.78 is 7.50. The van der Waals surface area contributed by atoms with Gasteiger partial charge in [0.05, 0.1) is 5.52 Å². The lowest BCUT2D eigenvalue weighted by atomic mass is 10.2. The first-order valence-corrected chi connectivity index (χ1v) is 7.14. The predicted molar refractivity (Wildman–Crippen MR) is 81.8 cm³/mol. The molecule has 1 aromatic heterocycles. The third-order valence-electron chi connectivity index (χ3n) is 2.65. The molecule has 2 N–H and O–H groups in total. The van der Waals surface area contributed by atoms with Crippen LogP contribution in [-0.4, -0.2) is 27.3 Å². The molecule has 0 aliphatic rings. The molecular weight excluding hydrogens is 338 g/mol. The molecule has 112 valence electrons. The standard InChI is InChI=1S/C14H16BrN3O3/c1-14(2,3)21-11(19)7-18-10-6-8(15)4-5-9(10)12(17-18)13(16)20/h4-6H,7H2,1-3H3,(H2,16,20). The van der Waals surface area contributed by atoms with Crippen LogP contribution in [0.25, 0.3) is 10.9 Å². The van der Waals surface area contributed by atoms with E-state index in [0.717, 1.165) is 4.47 Å². The van der Waals surface area contributed by atoms with Gasteiger partial charge in [-0.3, -0.25) is 14.3 Å². The number of aromatic nitrogens is 2. The number of hydrogen-bond donors (Lipinski definition) is 1. The normalized spacial score (nSPS) is 11.6.